The second kappa shape index (κ2) is 13.9. The largest absolute Gasteiger partial charge is 0.456 e. The Labute approximate surface area is 346 Å². The number of benzene rings is 8. The molecule has 0 aliphatic heterocycles. The highest BCUT2D eigenvalue weighted by Crippen LogP contribution is 2.44. The van der Waals surface area contributed by atoms with Crippen LogP contribution in [0.2, 0.25) is 0 Å². The monoisotopic (exact) mass is 765 g/mol. The maximum Gasteiger partial charge on any atom is 0.147 e. The van der Waals surface area contributed by atoms with Crippen LogP contribution in [0.4, 0.5) is 17.1 Å². The van der Waals surface area contributed by atoms with Gasteiger partial charge in [-0.15, -0.1) is 0 Å². The first kappa shape index (κ1) is 36.5. The van der Waals surface area contributed by atoms with Gasteiger partial charge in [0.15, 0.2) is 0 Å². The lowest BCUT2D eigenvalue weighted by atomic mass is 9.86. The number of anilines is 3. The molecule has 0 radical (unpaired) electrons. The number of nitrogens with zero attached hydrogens (tertiary/aromatic N) is 1. The van der Waals surface area contributed by atoms with Gasteiger partial charge in [0.05, 0.1) is 5.39 Å². The van der Waals surface area contributed by atoms with Gasteiger partial charge in [0.25, 0.3) is 0 Å². The number of para-hydroxylation sites is 1. The number of rotatable bonds is 6. The van der Waals surface area contributed by atoms with Crippen molar-refractivity contribution in [3.63, 3.8) is 0 Å². The summed E-state index contributed by atoms with van der Waals surface area (Å²) in [5.41, 5.74) is 16.6. The van der Waals surface area contributed by atoms with Crippen LogP contribution >= 0.6 is 0 Å². The average molecular weight is 766 g/mol. The Morgan fingerprint density at radius 3 is 1.29 bits per heavy atom. The molecule has 59 heavy (non-hydrogen) atoms. The summed E-state index contributed by atoms with van der Waals surface area (Å²) in [6, 6.07) is 63.5. The predicted octanol–water partition coefficient (Wildman–Crippen LogP) is 16.6. The van der Waals surface area contributed by atoms with Gasteiger partial charge in [-0.25, -0.2) is 0 Å². The van der Waals surface area contributed by atoms with E-state index in [9.17, 15) is 0 Å². The van der Waals surface area contributed by atoms with E-state index in [4.69, 9.17) is 8.83 Å². The summed E-state index contributed by atoms with van der Waals surface area (Å²) < 4.78 is 13.0. The summed E-state index contributed by atoms with van der Waals surface area (Å²) in [5.74, 6) is 0. The van der Waals surface area contributed by atoms with Crippen LogP contribution < -0.4 is 4.90 Å². The van der Waals surface area contributed by atoms with Crippen LogP contribution in [0.3, 0.4) is 0 Å². The third-order valence-corrected chi connectivity index (χ3v) is 11.9. The Bertz CT molecular complexity index is 3010. The lowest BCUT2D eigenvalue weighted by Gasteiger charge is -2.26. The Balaban J connectivity index is 1.05. The summed E-state index contributed by atoms with van der Waals surface area (Å²) in [5, 5.41) is 4.28. The number of furan rings is 2. The molecule has 0 saturated heterocycles. The van der Waals surface area contributed by atoms with Gasteiger partial charge >= 0.3 is 0 Å². The van der Waals surface area contributed by atoms with Crippen LogP contribution in [0.5, 0.6) is 0 Å². The third-order valence-electron chi connectivity index (χ3n) is 11.9. The third kappa shape index (κ3) is 6.57. The van der Waals surface area contributed by atoms with E-state index < -0.39 is 0 Å². The fraction of sp³-hybridized carbons (Fsp3) is 0.143. The molecule has 0 amide bonds. The summed E-state index contributed by atoms with van der Waals surface area (Å²) in [7, 11) is 0. The molecule has 2 aromatic heterocycles. The zero-order chi connectivity index (χ0) is 40.5. The summed E-state index contributed by atoms with van der Waals surface area (Å²) in [6.07, 6.45) is 0. The lowest BCUT2D eigenvalue weighted by Crippen LogP contribution is -2.10. The fourth-order valence-corrected chi connectivity index (χ4v) is 8.49. The van der Waals surface area contributed by atoms with Crippen LogP contribution in [-0.4, -0.2) is 0 Å². The highest BCUT2D eigenvalue weighted by Gasteiger charge is 2.21. The van der Waals surface area contributed by atoms with E-state index >= 15 is 0 Å². The zero-order valence-electron chi connectivity index (χ0n) is 34.5. The summed E-state index contributed by atoms with van der Waals surface area (Å²) in [4.78, 5) is 2.34. The molecule has 288 valence electrons. The normalized spacial score (nSPS) is 12.2. The molecule has 10 rings (SSSR count). The number of fused-ring (bicyclic) bond motifs is 7. The van der Waals surface area contributed by atoms with Crippen molar-refractivity contribution in [1.29, 1.82) is 0 Å². The van der Waals surface area contributed by atoms with Gasteiger partial charge in [-0.05, 0) is 116 Å². The van der Waals surface area contributed by atoms with Gasteiger partial charge < -0.3 is 13.7 Å². The molecule has 0 bridgehead atoms. The fourth-order valence-electron chi connectivity index (χ4n) is 8.49. The first-order valence-electron chi connectivity index (χ1n) is 20.6. The van der Waals surface area contributed by atoms with E-state index in [0.717, 1.165) is 72.1 Å². The molecular weight excluding hydrogens is 719 g/mol. The minimum atomic E-state index is 0.115. The van der Waals surface area contributed by atoms with Crippen LogP contribution in [0, 0.1) is 0 Å². The van der Waals surface area contributed by atoms with Crippen LogP contribution in [0.1, 0.15) is 52.7 Å². The Kier molecular flexibility index (Phi) is 8.61. The molecule has 0 saturated carbocycles. The maximum absolute atomic E-state index is 6.52. The SMILES string of the molecule is CC(C)(C)c1ccc(-c2ccc(N(c3ccc(-c4ccc(C(C)(C)C)cc4)cc3)c3ccc(-c4cccc5oc6ccc7c8ccccc8oc7c6c45)cc3)cc2)cc1. The maximum atomic E-state index is 6.52. The van der Waals surface area contributed by atoms with E-state index in [2.05, 4.69) is 210 Å². The van der Waals surface area contributed by atoms with Crippen molar-refractivity contribution in [3.8, 4) is 33.4 Å². The summed E-state index contributed by atoms with van der Waals surface area (Å²) in [6.45, 7) is 13.5. The van der Waals surface area contributed by atoms with Crippen LogP contribution in [0.15, 0.2) is 185 Å². The van der Waals surface area contributed by atoms with Crippen LogP contribution in [-0.2, 0) is 10.8 Å². The van der Waals surface area contributed by atoms with Gasteiger partial charge in [-0.3, -0.25) is 0 Å². The minimum absolute atomic E-state index is 0.115. The first-order valence-corrected chi connectivity index (χ1v) is 20.6. The van der Waals surface area contributed by atoms with E-state index in [1.165, 1.54) is 33.4 Å². The van der Waals surface area contributed by atoms with E-state index in [1.807, 2.05) is 12.1 Å². The van der Waals surface area contributed by atoms with E-state index in [1.54, 1.807) is 0 Å². The molecule has 0 aliphatic carbocycles. The Morgan fingerprint density at radius 2 is 0.780 bits per heavy atom. The van der Waals surface area contributed by atoms with Crippen molar-refractivity contribution in [2.45, 2.75) is 52.4 Å². The topological polar surface area (TPSA) is 29.5 Å². The Hall–Kier alpha value is -6.84. The molecule has 10 aromatic rings. The first-order chi connectivity index (χ1) is 28.5. The van der Waals surface area contributed by atoms with Crippen LogP contribution in [0.25, 0.3) is 77.3 Å². The van der Waals surface area contributed by atoms with Crippen molar-refractivity contribution in [1.82, 2.24) is 0 Å². The zero-order valence-corrected chi connectivity index (χ0v) is 34.5. The molecule has 0 fully saturated rings. The molecule has 0 unspecified atom stereocenters. The molecule has 3 heteroatoms. The van der Waals surface area contributed by atoms with Gasteiger partial charge in [0.2, 0.25) is 0 Å². The van der Waals surface area contributed by atoms with Crippen molar-refractivity contribution in [2.75, 3.05) is 4.90 Å². The second-order valence-electron chi connectivity index (χ2n) is 17.8. The molecule has 0 atom stereocenters. The van der Waals surface area contributed by atoms with Gasteiger partial charge in [-0.2, -0.15) is 0 Å². The molecule has 3 nitrogen and oxygen atoms in total. The molecule has 0 N–H and O–H groups in total. The molecule has 0 spiro atoms. The second-order valence-corrected chi connectivity index (χ2v) is 17.8. The molecule has 0 aliphatic rings. The van der Waals surface area contributed by atoms with Crippen molar-refractivity contribution in [3.05, 3.63) is 187 Å². The highest BCUT2D eigenvalue weighted by atomic mass is 16.3. The standard InChI is InChI=1S/C56H47NO2/c1-55(2,3)41-24-14-36(15-25-41)38-18-28-43(29-19-38)57(44-30-20-39(21-31-44)37-16-26-42(27-17-37)56(4,5)6)45-32-22-40(23-33-45)46-11-9-13-50-52(46)53-51(58-50)35-34-48-47-10-7-8-12-49(47)59-54(48)53/h7-35H,1-6H3. The van der Waals surface area contributed by atoms with Crippen molar-refractivity contribution >= 4 is 60.9 Å². The number of hydrogen-bond donors (Lipinski definition) is 0. The van der Waals surface area contributed by atoms with Gasteiger partial charge in [0.1, 0.15) is 22.3 Å². The van der Waals surface area contributed by atoms with E-state index in [-0.39, 0.29) is 10.8 Å². The van der Waals surface area contributed by atoms with Crippen molar-refractivity contribution in [2.24, 2.45) is 0 Å². The van der Waals surface area contributed by atoms with Gasteiger partial charge in [0, 0.05) is 33.2 Å². The molecular formula is C56H47NO2. The lowest BCUT2D eigenvalue weighted by molar-refractivity contribution is 0.590. The predicted molar refractivity (Wildman–Crippen MR) is 249 cm³/mol. The average Bonchev–Trinajstić information content (AvgIpc) is 3.83. The quantitative estimate of drug-likeness (QED) is 0.169. The summed E-state index contributed by atoms with van der Waals surface area (Å²) >= 11 is 0. The molecule has 8 aromatic carbocycles. The highest BCUT2D eigenvalue weighted by molar-refractivity contribution is 6.24. The van der Waals surface area contributed by atoms with Crippen molar-refractivity contribution < 1.29 is 8.83 Å². The van der Waals surface area contributed by atoms with Gasteiger partial charge in [-0.1, -0.05) is 157 Å². The number of hydrogen-bond acceptors (Lipinski definition) is 3. The minimum Gasteiger partial charge on any atom is -0.456 e. The Morgan fingerprint density at radius 1 is 0.339 bits per heavy atom. The van der Waals surface area contributed by atoms with E-state index in [0.29, 0.717) is 0 Å². The molecule has 2 heterocycles. The smallest absolute Gasteiger partial charge is 0.147 e.